The second-order valence-corrected chi connectivity index (χ2v) is 5.85. The first-order valence-corrected chi connectivity index (χ1v) is 7.04. The van der Waals surface area contributed by atoms with Gasteiger partial charge in [-0.05, 0) is 31.6 Å². The lowest BCUT2D eigenvalue weighted by atomic mass is 9.95. The van der Waals surface area contributed by atoms with Gasteiger partial charge in [0.1, 0.15) is 5.54 Å². The third-order valence-electron chi connectivity index (χ3n) is 3.26. The van der Waals surface area contributed by atoms with Gasteiger partial charge in [-0.15, -0.1) is 0 Å². The van der Waals surface area contributed by atoms with E-state index in [4.69, 9.17) is 5.11 Å². The van der Waals surface area contributed by atoms with Crippen LogP contribution in [0.3, 0.4) is 0 Å². The molecule has 2 aliphatic carbocycles. The zero-order valence-corrected chi connectivity index (χ0v) is 10.1. The molecule has 0 aromatic carbocycles. The van der Waals surface area contributed by atoms with Crippen LogP contribution in [0.5, 0.6) is 0 Å². The molecule has 0 bridgehead atoms. The molecule has 92 valence electrons. The zero-order valence-electron chi connectivity index (χ0n) is 9.32. The van der Waals surface area contributed by atoms with Crippen molar-refractivity contribution in [2.75, 3.05) is 18.1 Å². The van der Waals surface area contributed by atoms with Crippen LogP contribution in [-0.4, -0.2) is 45.9 Å². The Morgan fingerprint density at radius 3 is 2.50 bits per heavy atom. The predicted molar refractivity (Wildman–Crippen MR) is 63.7 cm³/mol. The minimum atomic E-state index is -0.735. The molecule has 5 heteroatoms. The van der Waals surface area contributed by atoms with E-state index in [0.29, 0.717) is 17.5 Å². The highest BCUT2D eigenvalue weighted by Gasteiger charge is 2.52. The van der Waals surface area contributed by atoms with Crippen LogP contribution in [-0.2, 0) is 4.79 Å². The first-order valence-electron chi connectivity index (χ1n) is 5.89. The average molecular weight is 245 g/mol. The van der Waals surface area contributed by atoms with Crippen molar-refractivity contribution >= 4 is 17.7 Å². The summed E-state index contributed by atoms with van der Waals surface area (Å²) in [6, 6.07) is 0.409. The maximum atomic E-state index is 11.5. The van der Waals surface area contributed by atoms with Crippen molar-refractivity contribution in [1.82, 2.24) is 5.32 Å². The van der Waals surface area contributed by atoms with Crippen molar-refractivity contribution in [2.45, 2.75) is 37.3 Å². The number of rotatable bonds is 8. The fraction of sp³-hybridized carbons (Fsp3) is 0.909. The van der Waals surface area contributed by atoms with E-state index in [-0.39, 0.29) is 12.5 Å². The van der Waals surface area contributed by atoms with E-state index in [0.717, 1.165) is 25.7 Å². The number of nitrogens with one attached hydrogen (secondary N) is 1. The van der Waals surface area contributed by atoms with Crippen LogP contribution in [0.15, 0.2) is 0 Å². The van der Waals surface area contributed by atoms with Gasteiger partial charge in [-0.25, -0.2) is 0 Å². The Balaban J connectivity index is 1.98. The third-order valence-corrected chi connectivity index (χ3v) is 4.39. The molecule has 2 rings (SSSR count). The van der Waals surface area contributed by atoms with Crippen LogP contribution in [0.25, 0.3) is 0 Å². The molecule has 0 aromatic heterocycles. The Morgan fingerprint density at radius 1 is 1.38 bits per heavy atom. The van der Waals surface area contributed by atoms with Crippen molar-refractivity contribution in [2.24, 2.45) is 5.92 Å². The van der Waals surface area contributed by atoms with Crippen LogP contribution >= 0.6 is 11.8 Å². The van der Waals surface area contributed by atoms with Gasteiger partial charge in [-0.3, -0.25) is 10.1 Å². The van der Waals surface area contributed by atoms with E-state index in [9.17, 15) is 9.90 Å². The van der Waals surface area contributed by atoms with Crippen LogP contribution in [0.4, 0.5) is 0 Å². The number of carbonyl (C=O) groups is 1. The zero-order chi connectivity index (χ0) is 11.6. The molecule has 0 aromatic rings. The lowest BCUT2D eigenvalue weighted by Crippen LogP contribution is -2.57. The molecule has 0 amide bonds. The highest BCUT2D eigenvalue weighted by molar-refractivity contribution is 7.99. The molecule has 0 saturated heterocycles. The molecule has 2 aliphatic rings. The maximum absolute atomic E-state index is 11.5. The fourth-order valence-electron chi connectivity index (χ4n) is 2.04. The highest BCUT2D eigenvalue weighted by Crippen LogP contribution is 2.43. The standard InChI is InChI=1S/C11H19NO3S/c13-5-6-16-7-11(10(14)15,8-1-2-8)12-9-3-4-9/h8-9,12-13H,1-7H2,(H,14,15). The highest BCUT2D eigenvalue weighted by atomic mass is 32.2. The van der Waals surface area contributed by atoms with Crippen molar-refractivity contribution in [3.05, 3.63) is 0 Å². The quantitative estimate of drug-likeness (QED) is 0.549. The van der Waals surface area contributed by atoms with Gasteiger partial charge in [0.2, 0.25) is 0 Å². The van der Waals surface area contributed by atoms with Crippen LogP contribution in [0.1, 0.15) is 25.7 Å². The summed E-state index contributed by atoms with van der Waals surface area (Å²) in [5.41, 5.74) is -0.735. The van der Waals surface area contributed by atoms with Crippen LogP contribution in [0.2, 0.25) is 0 Å². The molecule has 3 N–H and O–H groups in total. The molecule has 2 fully saturated rings. The molecule has 0 aliphatic heterocycles. The van der Waals surface area contributed by atoms with E-state index >= 15 is 0 Å². The molecule has 1 unspecified atom stereocenters. The summed E-state index contributed by atoms with van der Waals surface area (Å²) in [4.78, 5) is 11.5. The minimum Gasteiger partial charge on any atom is -0.480 e. The topological polar surface area (TPSA) is 69.6 Å². The van der Waals surface area contributed by atoms with Crippen molar-refractivity contribution < 1.29 is 15.0 Å². The Kier molecular flexibility index (Phi) is 3.77. The van der Waals surface area contributed by atoms with Gasteiger partial charge in [0.25, 0.3) is 0 Å². The first-order chi connectivity index (χ1) is 7.69. The number of thioether (sulfide) groups is 1. The minimum absolute atomic E-state index is 0.120. The molecule has 0 radical (unpaired) electrons. The van der Waals surface area contributed by atoms with Gasteiger partial charge in [-0.1, -0.05) is 0 Å². The summed E-state index contributed by atoms with van der Waals surface area (Å²) in [7, 11) is 0. The second-order valence-electron chi connectivity index (χ2n) is 4.75. The fourth-order valence-corrected chi connectivity index (χ4v) is 3.08. The smallest absolute Gasteiger partial charge is 0.325 e. The number of aliphatic hydroxyl groups is 1. The average Bonchev–Trinajstić information content (AvgIpc) is 3.10. The van der Waals surface area contributed by atoms with E-state index < -0.39 is 11.5 Å². The first kappa shape index (κ1) is 12.2. The van der Waals surface area contributed by atoms with Gasteiger partial charge < -0.3 is 10.2 Å². The third kappa shape index (κ3) is 2.70. The van der Waals surface area contributed by atoms with Crippen LogP contribution in [0, 0.1) is 5.92 Å². The van der Waals surface area contributed by atoms with Gasteiger partial charge in [0.05, 0.1) is 6.61 Å². The summed E-state index contributed by atoms with van der Waals surface area (Å²) in [5, 5.41) is 21.6. The number of aliphatic carboxylic acids is 1. The Labute approximate surface area is 99.8 Å². The molecular formula is C11H19NO3S. The number of hydrogen-bond donors (Lipinski definition) is 3. The monoisotopic (exact) mass is 245 g/mol. The second kappa shape index (κ2) is 4.94. The maximum Gasteiger partial charge on any atom is 0.325 e. The molecule has 2 saturated carbocycles. The Bertz CT molecular complexity index is 266. The lowest BCUT2D eigenvalue weighted by Gasteiger charge is -2.30. The largest absolute Gasteiger partial charge is 0.480 e. The van der Waals surface area contributed by atoms with E-state index in [1.54, 1.807) is 0 Å². The molecule has 16 heavy (non-hydrogen) atoms. The SMILES string of the molecule is O=C(O)C(CSCCO)(NC1CC1)C1CC1. The molecule has 0 heterocycles. The Morgan fingerprint density at radius 2 is 2.06 bits per heavy atom. The lowest BCUT2D eigenvalue weighted by molar-refractivity contribution is -0.145. The Hall–Kier alpha value is -0.260. The number of aliphatic hydroxyl groups excluding tert-OH is 1. The predicted octanol–water partition coefficient (Wildman–Crippen LogP) is 0.697. The van der Waals surface area contributed by atoms with Gasteiger partial charge in [0.15, 0.2) is 0 Å². The molecular weight excluding hydrogens is 226 g/mol. The number of hydrogen-bond acceptors (Lipinski definition) is 4. The van der Waals surface area contributed by atoms with Gasteiger partial charge in [-0.2, -0.15) is 11.8 Å². The molecule has 1 atom stereocenters. The van der Waals surface area contributed by atoms with Crippen molar-refractivity contribution in [3.63, 3.8) is 0 Å². The summed E-state index contributed by atoms with van der Waals surface area (Å²) < 4.78 is 0. The van der Waals surface area contributed by atoms with Crippen LogP contribution < -0.4 is 5.32 Å². The van der Waals surface area contributed by atoms with Gasteiger partial charge >= 0.3 is 5.97 Å². The molecule has 0 spiro atoms. The number of carboxylic acid groups (broad SMARTS) is 1. The van der Waals surface area contributed by atoms with Crippen molar-refractivity contribution in [1.29, 1.82) is 0 Å². The van der Waals surface area contributed by atoms with Crippen molar-refractivity contribution in [3.8, 4) is 0 Å². The van der Waals surface area contributed by atoms with E-state index in [2.05, 4.69) is 5.32 Å². The summed E-state index contributed by atoms with van der Waals surface area (Å²) in [6.07, 6.45) is 4.25. The summed E-state index contributed by atoms with van der Waals surface area (Å²) in [5.74, 6) is 0.766. The number of carboxylic acids is 1. The van der Waals surface area contributed by atoms with E-state index in [1.807, 2.05) is 0 Å². The normalized spacial score (nSPS) is 24.1. The molecule has 4 nitrogen and oxygen atoms in total. The summed E-state index contributed by atoms with van der Waals surface area (Å²) >= 11 is 1.53. The van der Waals surface area contributed by atoms with Gasteiger partial charge in [0, 0.05) is 17.5 Å². The summed E-state index contributed by atoms with van der Waals surface area (Å²) in [6.45, 7) is 0.120. The van der Waals surface area contributed by atoms with E-state index in [1.165, 1.54) is 11.8 Å².